The Morgan fingerprint density at radius 2 is 0.508 bits per heavy atom. The Morgan fingerprint density at radius 1 is 0.237 bits per heavy atom. The third-order valence-corrected chi connectivity index (χ3v) is 10.8. The highest BCUT2D eigenvalue weighted by Gasteiger charge is 2.24. The van der Waals surface area contributed by atoms with Gasteiger partial charge in [0.25, 0.3) is 0 Å². The zero-order chi connectivity index (χ0) is 40.0. The van der Waals surface area contributed by atoms with E-state index in [0.29, 0.717) is 0 Å². The van der Waals surface area contributed by atoms with E-state index in [0.717, 1.165) is 73.4 Å². The lowest BCUT2D eigenvalue weighted by Gasteiger charge is -2.33. The van der Waals surface area contributed by atoms with Gasteiger partial charge in [0.1, 0.15) is 0 Å². The van der Waals surface area contributed by atoms with Crippen molar-refractivity contribution in [1.82, 2.24) is 0 Å². The van der Waals surface area contributed by atoms with E-state index in [2.05, 4.69) is 265 Å². The van der Waals surface area contributed by atoms with Crippen LogP contribution in [0.3, 0.4) is 0 Å². The zero-order valence-electron chi connectivity index (χ0n) is 33.4. The molecule has 0 spiro atoms. The summed E-state index contributed by atoms with van der Waals surface area (Å²) in [5, 5.41) is 0. The van der Waals surface area contributed by atoms with Crippen LogP contribution in [0.4, 0.5) is 51.2 Å². The van der Waals surface area contributed by atoms with E-state index >= 15 is 0 Å². The third kappa shape index (κ3) is 7.87. The monoisotopic (exact) mass is 759 g/mol. The lowest BCUT2D eigenvalue weighted by molar-refractivity contribution is 1.23. The van der Waals surface area contributed by atoms with Crippen LogP contribution in [0.5, 0.6) is 0 Å². The molecule has 0 aliphatic heterocycles. The molecule has 9 aromatic carbocycles. The summed E-state index contributed by atoms with van der Waals surface area (Å²) < 4.78 is 0. The second-order valence-corrected chi connectivity index (χ2v) is 14.8. The summed E-state index contributed by atoms with van der Waals surface area (Å²) in [6.45, 7) is 4.28. The molecule has 284 valence electrons. The molecule has 9 rings (SSSR count). The fourth-order valence-electron chi connectivity index (χ4n) is 7.83. The van der Waals surface area contributed by atoms with Gasteiger partial charge in [-0.15, -0.1) is 0 Å². The van der Waals surface area contributed by atoms with Crippen LogP contribution >= 0.6 is 0 Å². The van der Waals surface area contributed by atoms with Gasteiger partial charge in [0, 0.05) is 50.9 Å². The molecule has 0 atom stereocenters. The maximum Gasteiger partial charge on any atom is 0.0560 e. The maximum atomic E-state index is 2.38. The molecule has 0 radical (unpaired) electrons. The Labute approximate surface area is 348 Å². The molecule has 0 bridgehead atoms. The Bertz CT molecular complexity index is 2580. The van der Waals surface area contributed by atoms with Crippen molar-refractivity contribution in [2.45, 2.75) is 13.8 Å². The predicted molar refractivity (Wildman–Crippen MR) is 251 cm³/mol. The van der Waals surface area contributed by atoms with Gasteiger partial charge in [0.05, 0.1) is 11.4 Å². The number of rotatable bonds is 11. The predicted octanol–water partition coefficient (Wildman–Crippen LogP) is 16.0. The van der Waals surface area contributed by atoms with Gasteiger partial charge in [-0.1, -0.05) is 163 Å². The Morgan fingerprint density at radius 3 is 0.847 bits per heavy atom. The number of anilines is 9. The van der Waals surface area contributed by atoms with Crippen molar-refractivity contribution in [3.63, 3.8) is 0 Å². The molecule has 0 saturated heterocycles. The summed E-state index contributed by atoms with van der Waals surface area (Å²) in [6.07, 6.45) is 0. The summed E-state index contributed by atoms with van der Waals surface area (Å²) in [6, 6.07) is 84.9. The van der Waals surface area contributed by atoms with Crippen LogP contribution in [0.1, 0.15) is 11.1 Å². The Balaban J connectivity index is 1.30. The largest absolute Gasteiger partial charge is 0.310 e. The van der Waals surface area contributed by atoms with Crippen molar-refractivity contribution in [1.29, 1.82) is 0 Å². The quantitative estimate of drug-likeness (QED) is 0.130. The van der Waals surface area contributed by atoms with E-state index in [1.165, 1.54) is 11.1 Å². The highest BCUT2D eigenvalue weighted by atomic mass is 15.2. The second-order valence-electron chi connectivity index (χ2n) is 14.8. The maximum absolute atomic E-state index is 2.38. The fourth-order valence-corrected chi connectivity index (χ4v) is 7.83. The lowest BCUT2D eigenvalue weighted by atomic mass is 9.99. The molecule has 3 nitrogen and oxygen atoms in total. The molecule has 59 heavy (non-hydrogen) atoms. The van der Waals surface area contributed by atoms with Crippen molar-refractivity contribution < 1.29 is 0 Å². The first-order valence-electron chi connectivity index (χ1n) is 20.2. The summed E-state index contributed by atoms with van der Waals surface area (Å²) in [5.41, 5.74) is 16.7. The van der Waals surface area contributed by atoms with Crippen LogP contribution in [-0.2, 0) is 0 Å². The second kappa shape index (κ2) is 16.9. The Kier molecular flexibility index (Phi) is 10.6. The number of para-hydroxylation sites is 3. The normalized spacial score (nSPS) is 10.9. The fraction of sp³-hybridized carbons (Fsp3) is 0.0357. The van der Waals surface area contributed by atoms with E-state index in [4.69, 9.17) is 0 Å². The first-order valence-corrected chi connectivity index (χ1v) is 20.2. The van der Waals surface area contributed by atoms with Crippen LogP contribution in [0.2, 0.25) is 0 Å². The van der Waals surface area contributed by atoms with Crippen molar-refractivity contribution in [2.75, 3.05) is 14.7 Å². The zero-order valence-corrected chi connectivity index (χ0v) is 33.4. The molecule has 0 amide bonds. The smallest absolute Gasteiger partial charge is 0.0560 e. The molecule has 3 heteroatoms. The van der Waals surface area contributed by atoms with Crippen LogP contribution in [0.25, 0.3) is 22.3 Å². The van der Waals surface area contributed by atoms with Gasteiger partial charge < -0.3 is 14.7 Å². The molecule has 0 heterocycles. The number of aryl methyl sites for hydroxylation is 2. The van der Waals surface area contributed by atoms with Crippen LogP contribution in [-0.4, -0.2) is 0 Å². The highest BCUT2D eigenvalue weighted by molar-refractivity contribution is 5.95. The minimum absolute atomic E-state index is 1.04. The summed E-state index contributed by atoms with van der Waals surface area (Å²) in [5.74, 6) is 0. The van der Waals surface area contributed by atoms with E-state index in [-0.39, 0.29) is 0 Å². The highest BCUT2D eigenvalue weighted by Crippen LogP contribution is 2.48. The molecule has 9 aromatic rings. The SMILES string of the molecule is Cc1ccc(N(c2ccccc2)c2cc(N(c3ccccc3)c3ccc(-c4ccccc4)c(N(c4ccccc4)c4ccc(C)cc4)c3)ccc2-c2ccccc2)cc1. The number of benzene rings is 9. The molecular weight excluding hydrogens is 715 g/mol. The van der Waals surface area contributed by atoms with Crippen LogP contribution in [0.15, 0.2) is 237 Å². The molecule has 0 aliphatic carbocycles. The van der Waals surface area contributed by atoms with E-state index in [1.54, 1.807) is 0 Å². The number of hydrogen-bond donors (Lipinski definition) is 0. The van der Waals surface area contributed by atoms with Crippen molar-refractivity contribution in [2.24, 2.45) is 0 Å². The van der Waals surface area contributed by atoms with Gasteiger partial charge in [-0.25, -0.2) is 0 Å². The van der Waals surface area contributed by atoms with Gasteiger partial charge in [-0.05, 0) is 110 Å². The van der Waals surface area contributed by atoms with Gasteiger partial charge in [-0.2, -0.15) is 0 Å². The molecule has 0 unspecified atom stereocenters. The number of nitrogens with zero attached hydrogens (tertiary/aromatic N) is 3. The van der Waals surface area contributed by atoms with Crippen molar-refractivity contribution in [3.05, 3.63) is 248 Å². The Hall–Kier alpha value is -7.62. The van der Waals surface area contributed by atoms with Crippen molar-refractivity contribution in [3.8, 4) is 22.3 Å². The molecular formula is C56H45N3. The van der Waals surface area contributed by atoms with E-state index in [9.17, 15) is 0 Å². The summed E-state index contributed by atoms with van der Waals surface area (Å²) in [4.78, 5) is 7.15. The van der Waals surface area contributed by atoms with Gasteiger partial charge in [-0.3, -0.25) is 0 Å². The standard InChI is InChI=1S/C56H45N3/c1-42-28-32-49(33-29-42)58(47-24-14-6-15-25-47)55-40-51(36-38-53(55)44-18-8-3-9-19-44)57(46-22-12-5-13-23-46)52-37-39-54(45-20-10-4-11-21-45)56(41-52)59(48-26-16-7-17-27-48)50-34-30-43(2)31-35-50/h3-41H,1-2H3. The third-order valence-electron chi connectivity index (χ3n) is 10.8. The van der Waals surface area contributed by atoms with Gasteiger partial charge in [0.2, 0.25) is 0 Å². The van der Waals surface area contributed by atoms with Gasteiger partial charge >= 0.3 is 0 Å². The minimum atomic E-state index is 1.04. The first-order chi connectivity index (χ1) is 29.1. The molecule has 0 aliphatic rings. The topological polar surface area (TPSA) is 9.72 Å². The molecule has 0 saturated carbocycles. The van der Waals surface area contributed by atoms with Crippen LogP contribution in [0, 0.1) is 13.8 Å². The number of hydrogen-bond acceptors (Lipinski definition) is 3. The lowest BCUT2D eigenvalue weighted by Crippen LogP contribution is -2.15. The van der Waals surface area contributed by atoms with Crippen LogP contribution < -0.4 is 14.7 Å². The molecule has 0 N–H and O–H groups in total. The van der Waals surface area contributed by atoms with E-state index < -0.39 is 0 Å². The average molecular weight is 760 g/mol. The summed E-state index contributed by atoms with van der Waals surface area (Å²) >= 11 is 0. The summed E-state index contributed by atoms with van der Waals surface area (Å²) in [7, 11) is 0. The molecule has 0 aromatic heterocycles. The van der Waals surface area contributed by atoms with Gasteiger partial charge in [0.15, 0.2) is 0 Å². The van der Waals surface area contributed by atoms with Crippen molar-refractivity contribution >= 4 is 51.2 Å². The minimum Gasteiger partial charge on any atom is -0.310 e. The van der Waals surface area contributed by atoms with E-state index in [1.807, 2.05) is 0 Å². The molecule has 0 fully saturated rings. The average Bonchev–Trinajstić information content (AvgIpc) is 3.30. The first kappa shape index (κ1) is 37.0.